The molecule has 1 atom stereocenters. The van der Waals surface area contributed by atoms with E-state index in [4.69, 9.17) is 4.74 Å². The van der Waals surface area contributed by atoms with Crippen LogP contribution < -0.4 is 4.74 Å². The molecule has 3 heteroatoms. The van der Waals surface area contributed by atoms with Crippen molar-refractivity contribution in [3.63, 3.8) is 0 Å². The summed E-state index contributed by atoms with van der Waals surface area (Å²) < 4.78 is 5.13. The molecule has 0 fully saturated rings. The van der Waals surface area contributed by atoms with Gasteiger partial charge in [-0.05, 0) is 30.7 Å². The fraction of sp³-hybridized carbons (Fsp3) is 0.188. The summed E-state index contributed by atoms with van der Waals surface area (Å²) in [5, 5.41) is 9.77. The minimum Gasteiger partial charge on any atom is -0.507 e. The Labute approximate surface area is 113 Å². The van der Waals surface area contributed by atoms with Crippen LogP contribution in [0.15, 0.2) is 53.5 Å². The zero-order valence-electron chi connectivity index (χ0n) is 11.1. The van der Waals surface area contributed by atoms with Gasteiger partial charge in [-0.1, -0.05) is 30.3 Å². The number of phenolic OH excluding ortho intramolecular Hbond substituents is 1. The molecule has 0 saturated heterocycles. The Morgan fingerprint density at radius 1 is 1.16 bits per heavy atom. The predicted octanol–water partition coefficient (Wildman–Crippen LogP) is 3.58. The Bertz CT molecular complexity index is 564. The van der Waals surface area contributed by atoms with Gasteiger partial charge in [0.25, 0.3) is 0 Å². The third-order valence-corrected chi connectivity index (χ3v) is 2.95. The number of aliphatic imine (C=N–C) groups is 1. The molecule has 0 aliphatic rings. The van der Waals surface area contributed by atoms with E-state index in [1.54, 1.807) is 31.5 Å². The summed E-state index contributed by atoms with van der Waals surface area (Å²) in [5.74, 6) is 0.899. The van der Waals surface area contributed by atoms with Gasteiger partial charge in [0.1, 0.15) is 11.5 Å². The maximum absolute atomic E-state index is 9.77. The van der Waals surface area contributed by atoms with E-state index in [0.29, 0.717) is 11.3 Å². The van der Waals surface area contributed by atoms with Crippen LogP contribution >= 0.6 is 0 Å². The Morgan fingerprint density at radius 3 is 2.58 bits per heavy atom. The summed E-state index contributed by atoms with van der Waals surface area (Å²) >= 11 is 0. The first kappa shape index (κ1) is 13.1. The smallest absolute Gasteiger partial charge is 0.124 e. The second kappa shape index (κ2) is 6.05. The van der Waals surface area contributed by atoms with Gasteiger partial charge in [0.15, 0.2) is 0 Å². The molecule has 0 unspecified atom stereocenters. The number of phenols is 1. The normalized spacial score (nSPS) is 12.5. The molecule has 0 amide bonds. The van der Waals surface area contributed by atoms with Crippen molar-refractivity contribution in [1.29, 1.82) is 0 Å². The van der Waals surface area contributed by atoms with Gasteiger partial charge in [-0.25, -0.2) is 0 Å². The van der Waals surface area contributed by atoms with Crippen molar-refractivity contribution < 1.29 is 9.84 Å². The number of rotatable bonds is 4. The molecule has 2 aromatic carbocycles. The lowest BCUT2D eigenvalue weighted by Gasteiger charge is -2.07. The summed E-state index contributed by atoms with van der Waals surface area (Å²) in [6.45, 7) is 2.02. The van der Waals surface area contributed by atoms with Crippen molar-refractivity contribution in [2.45, 2.75) is 13.0 Å². The van der Waals surface area contributed by atoms with E-state index in [-0.39, 0.29) is 11.8 Å². The van der Waals surface area contributed by atoms with Gasteiger partial charge < -0.3 is 9.84 Å². The SMILES string of the molecule is COc1ccc(O)c(C=N[C@@H](C)c2ccccc2)c1. The number of nitrogens with zero attached hydrogens (tertiary/aromatic N) is 1. The van der Waals surface area contributed by atoms with Crippen LogP contribution in [0.2, 0.25) is 0 Å². The predicted molar refractivity (Wildman–Crippen MR) is 77.1 cm³/mol. The number of ether oxygens (including phenoxy) is 1. The van der Waals surface area contributed by atoms with Crippen molar-refractivity contribution in [3.05, 3.63) is 59.7 Å². The Morgan fingerprint density at radius 2 is 1.89 bits per heavy atom. The topological polar surface area (TPSA) is 41.8 Å². The Hall–Kier alpha value is -2.29. The molecule has 2 rings (SSSR count). The monoisotopic (exact) mass is 255 g/mol. The maximum atomic E-state index is 9.77. The van der Waals surface area contributed by atoms with Gasteiger partial charge in [0.05, 0.1) is 13.2 Å². The fourth-order valence-corrected chi connectivity index (χ4v) is 1.77. The van der Waals surface area contributed by atoms with Crippen LogP contribution in [0.4, 0.5) is 0 Å². The van der Waals surface area contributed by atoms with Crippen molar-refractivity contribution in [1.82, 2.24) is 0 Å². The van der Waals surface area contributed by atoms with Crippen LogP contribution in [0.1, 0.15) is 24.1 Å². The summed E-state index contributed by atoms with van der Waals surface area (Å²) in [5.41, 5.74) is 1.79. The highest BCUT2D eigenvalue weighted by Gasteiger charge is 2.03. The minimum atomic E-state index is 0.0480. The van der Waals surface area contributed by atoms with Crippen LogP contribution in [0.5, 0.6) is 11.5 Å². The van der Waals surface area contributed by atoms with E-state index < -0.39 is 0 Å². The molecule has 98 valence electrons. The van der Waals surface area contributed by atoms with Crippen molar-refractivity contribution >= 4 is 6.21 Å². The number of methoxy groups -OCH3 is 1. The average Bonchev–Trinajstić information content (AvgIpc) is 2.47. The molecule has 0 saturated carbocycles. The highest BCUT2D eigenvalue weighted by molar-refractivity contribution is 5.84. The summed E-state index contributed by atoms with van der Waals surface area (Å²) in [6, 6.07) is 15.2. The van der Waals surface area contributed by atoms with Crippen LogP contribution in [-0.2, 0) is 0 Å². The summed E-state index contributed by atoms with van der Waals surface area (Å²) in [6.07, 6.45) is 1.68. The highest BCUT2D eigenvalue weighted by Crippen LogP contribution is 2.22. The molecule has 0 heterocycles. The largest absolute Gasteiger partial charge is 0.507 e. The Kier molecular flexibility index (Phi) is 4.18. The van der Waals surface area contributed by atoms with E-state index in [1.807, 2.05) is 37.3 Å². The first-order valence-electron chi connectivity index (χ1n) is 6.16. The van der Waals surface area contributed by atoms with Gasteiger partial charge in [-0.3, -0.25) is 4.99 Å². The zero-order valence-corrected chi connectivity index (χ0v) is 11.1. The minimum absolute atomic E-state index is 0.0480. The van der Waals surface area contributed by atoms with E-state index in [2.05, 4.69) is 4.99 Å². The summed E-state index contributed by atoms with van der Waals surface area (Å²) in [4.78, 5) is 4.46. The number of hydrogen-bond acceptors (Lipinski definition) is 3. The molecule has 19 heavy (non-hydrogen) atoms. The first-order valence-corrected chi connectivity index (χ1v) is 6.16. The number of aromatic hydroxyl groups is 1. The lowest BCUT2D eigenvalue weighted by molar-refractivity contribution is 0.412. The van der Waals surface area contributed by atoms with Crippen LogP contribution in [0.3, 0.4) is 0 Å². The molecule has 0 spiro atoms. The zero-order chi connectivity index (χ0) is 13.7. The van der Waals surface area contributed by atoms with Gasteiger partial charge in [-0.2, -0.15) is 0 Å². The van der Waals surface area contributed by atoms with Gasteiger partial charge in [-0.15, -0.1) is 0 Å². The third kappa shape index (κ3) is 3.35. The second-order valence-electron chi connectivity index (χ2n) is 4.29. The molecule has 0 aromatic heterocycles. The molecule has 0 radical (unpaired) electrons. The first-order chi connectivity index (χ1) is 9.20. The second-order valence-corrected chi connectivity index (χ2v) is 4.29. The van der Waals surface area contributed by atoms with Crippen LogP contribution in [0, 0.1) is 0 Å². The molecule has 0 bridgehead atoms. The molecule has 1 N–H and O–H groups in total. The maximum Gasteiger partial charge on any atom is 0.124 e. The molecule has 0 aliphatic heterocycles. The molecular weight excluding hydrogens is 238 g/mol. The lowest BCUT2D eigenvalue weighted by atomic mass is 10.1. The van der Waals surface area contributed by atoms with Crippen molar-refractivity contribution in [2.75, 3.05) is 7.11 Å². The van der Waals surface area contributed by atoms with Crippen molar-refractivity contribution in [2.24, 2.45) is 4.99 Å². The average molecular weight is 255 g/mol. The van der Waals surface area contributed by atoms with Crippen LogP contribution in [0.25, 0.3) is 0 Å². The fourth-order valence-electron chi connectivity index (χ4n) is 1.77. The van der Waals surface area contributed by atoms with Gasteiger partial charge in [0.2, 0.25) is 0 Å². The molecule has 2 aromatic rings. The van der Waals surface area contributed by atoms with E-state index in [0.717, 1.165) is 5.56 Å². The van der Waals surface area contributed by atoms with Gasteiger partial charge >= 0.3 is 0 Å². The molecule has 3 nitrogen and oxygen atoms in total. The quantitative estimate of drug-likeness (QED) is 0.848. The van der Waals surface area contributed by atoms with Crippen LogP contribution in [-0.4, -0.2) is 18.4 Å². The Balaban J connectivity index is 2.18. The third-order valence-electron chi connectivity index (χ3n) is 2.95. The molecule has 0 aliphatic carbocycles. The number of hydrogen-bond donors (Lipinski definition) is 1. The van der Waals surface area contributed by atoms with Gasteiger partial charge in [0, 0.05) is 11.8 Å². The van der Waals surface area contributed by atoms with E-state index >= 15 is 0 Å². The molecular formula is C16H17NO2. The highest BCUT2D eigenvalue weighted by atomic mass is 16.5. The van der Waals surface area contributed by atoms with E-state index in [9.17, 15) is 5.11 Å². The number of benzene rings is 2. The lowest BCUT2D eigenvalue weighted by Crippen LogP contribution is -1.92. The van der Waals surface area contributed by atoms with E-state index in [1.165, 1.54) is 0 Å². The standard InChI is InChI=1S/C16H17NO2/c1-12(13-6-4-3-5-7-13)17-11-14-10-15(19-2)8-9-16(14)18/h3-12,18H,1-2H3/t12-/m0/s1. The van der Waals surface area contributed by atoms with Crippen molar-refractivity contribution in [3.8, 4) is 11.5 Å². The summed E-state index contributed by atoms with van der Waals surface area (Å²) in [7, 11) is 1.60.